The standard InChI is InChI=1S/C14H17Cl2NO/c1-17-14(10-4-3-7-18-9-10)8-11-12(15)5-2-6-13(11)16/h2,5-6,9,14,17H,3-4,7-8H2,1H3. The molecule has 0 aliphatic carbocycles. The van der Waals surface area contributed by atoms with Crippen LogP contribution in [0.2, 0.25) is 10.0 Å². The van der Waals surface area contributed by atoms with Gasteiger partial charge in [0.15, 0.2) is 0 Å². The molecule has 0 amide bonds. The molecule has 2 nitrogen and oxygen atoms in total. The van der Waals surface area contributed by atoms with Gasteiger partial charge < -0.3 is 10.1 Å². The van der Waals surface area contributed by atoms with Crippen LogP contribution in [0.4, 0.5) is 0 Å². The van der Waals surface area contributed by atoms with E-state index in [1.54, 1.807) is 0 Å². The van der Waals surface area contributed by atoms with Crippen LogP contribution in [0.15, 0.2) is 30.0 Å². The zero-order valence-electron chi connectivity index (χ0n) is 10.4. The zero-order chi connectivity index (χ0) is 13.0. The molecule has 98 valence electrons. The Kier molecular flexibility index (Phi) is 4.93. The molecule has 4 heteroatoms. The van der Waals surface area contributed by atoms with Crippen LogP contribution in [0.1, 0.15) is 18.4 Å². The summed E-state index contributed by atoms with van der Waals surface area (Å²) in [6.45, 7) is 0.812. The van der Waals surface area contributed by atoms with Gasteiger partial charge in [-0.05, 0) is 49.6 Å². The molecule has 1 aromatic rings. The molecule has 18 heavy (non-hydrogen) atoms. The van der Waals surface area contributed by atoms with Crippen molar-refractivity contribution in [2.45, 2.75) is 25.3 Å². The maximum Gasteiger partial charge on any atom is 0.0876 e. The second kappa shape index (κ2) is 6.46. The van der Waals surface area contributed by atoms with Crippen molar-refractivity contribution in [3.63, 3.8) is 0 Å². The first-order chi connectivity index (χ1) is 8.72. The molecule has 0 spiro atoms. The minimum Gasteiger partial charge on any atom is -0.501 e. The number of benzene rings is 1. The minimum absolute atomic E-state index is 0.225. The summed E-state index contributed by atoms with van der Waals surface area (Å²) in [5.41, 5.74) is 2.27. The van der Waals surface area contributed by atoms with Crippen LogP contribution in [0.5, 0.6) is 0 Å². The Hall–Kier alpha value is -0.700. The minimum atomic E-state index is 0.225. The molecule has 1 aliphatic rings. The maximum atomic E-state index is 6.21. The molecule has 1 N–H and O–H groups in total. The summed E-state index contributed by atoms with van der Waals surface area (Å²) >= 11 is 12.4. The van der Waals surface area contributed by atoms with Gasteiger partial charge in [-0.3, -0.25) is 0 Å². The number of hydrogen-bond donors (Lipinski definition) is 1. The Balaban J connectivity index is 2.17. The molecule has 1 unspecified atom stereocenters. The predicted molar refractivity (Wildman–Crippen MR) is 76.3 cm³/mol. The van der Waals surface area contributed by atoms with E-state index >= 15 is 0 Å². The summed E-state index contributed by atoms with van der Waals surface area (Å²) in [5.74, 6) is 0. The monoisotopic (exact) mass is 285 g/mol. The van der Waals surface area contributed by atoms with E-state index in [4.69, 9.17) is 27.9 Å². The Bertz CT molecular complexity index is 425. The molecule has 0 saturated carbocycles. The highest BCUT2D eigenvalue weighted by atomic mass is 35.5. The lowest BCUT2D eigenvalue weighted by molar-refractivity contribution is 0.219. The van der Waals surface area contributed by atoms with E-state index in [1.807, 2.05) is 31.5 Å². The van der Waals surface area contributed by atoms with E-state index in [-0.39, 0.29) is 6.04 Å². The van der Waals surface area contributed by atoms with Crippen molar-refractivity contribution in [1.29, 1.82) is 0 Å². The van der Waals surface area contributed by atoms with Gasteiger partial charge in [0, 0.05) is 16.1 Å². The lowest BCUT2D eigenvalue weighted by Gasteiger charge is -2.23. The number of hydrogen-bond acceptors (Lipinski definition) is 2. The predicted octanol–water partition coefficient (Wildman–Crippen LogP) is 3.82. The van der Waals surface area contributed by atoms with Crippen molar-refractivity contribution in [3.05, 3.63) is 45.6 Å². The van der Waals surface area contributed by atoms with E-state index in [1.165, 1.54) is 5.57 Å². The van der Waals surface area contributed by atoms with Gasteiger partial charge in [-0.25, -0.2) is 0 Å². The highest BCUT2D eigenvalue weighted by Gasteiger charge is 2.18. The average Bonchev–Trinajstić information content (AvgIpc) is 2.40. The van der Waals surface area contributed by atoms with Gasteiger partial charge in [-0.2, -0.15) is 0 Å². The Labute approximate surface area is 118 Å². The van der Waals surface area contributed by atoms with Crippen molar-refractivity contribution in [2.75, 3.05) is 13.7 Å². The Morgan fingerprint density at radius 1 is 1.33 bits per heavy atom. The van der Waals surface area contributed by atoms with Gasteiger partial charge >= 0.3 is 0 Å². The Morgan fingerprint density at radius 3 is 2.61 bits per heavy atom. The lowest BCUT2D eigenvalue weighted by atomic mass is 9.96. The summed E-state index contributed by atoms with van der Waals surface area (Å²) in [7, 11) is 1.95. The second-order valence-corrected chi connectivity index (χ2v) is 5.23. The normalized spacial score (nSPS) is 16.9. The van der Waals surface area contributed by atoms with Crippen LogP contribution in [0.25, 0.3) is 0 Å². The molecule has 1 aromatic carbocycles. The number of rotatable bonds is 4. The van der Waals surface area contributed by atoms with Gasteiger partial charge in [0.1, 0.15) is 0 Å². The van der Waals surface area contributed by atoms with Crippen LogP contribution in [-0.2, 0) is 11.2 Å². The fourth-order valence-electron chi connectivity index (χ4n) is 2.19. The molecule has 0 fully saturated rings. The largest absolute Gasteiger partial charge is 0.501 e. The van der Waals surface area contributed by atoms with Crippen LogP contribution < -0.4 is 5.32 Å². The molecule has 0 bridgehead atoms. The third kappa shape index (κ3) is 3.19. The summed E-state index contributed by atoms with van der Waals surface area (Å²) in [5, 5.41) is 4.75. The van der Waals surface area contributed by atoms with Crippen LogP contribution in [0, 0.1) is 0 Å². The van der Waals surface area contributed by atoms with Crippen molar-refractivity contribution in [1.82, 2.24) is 5.32 Å². The summed E-state index contributed by atoms with van der Waals surface area (Å²) in [4.78, 5) is 0. The molecular weight excluding hydrogens is 269 g/mol. The summed E-state index contributed by atoms with van der Waals surface area (Å²) in [6.07, 6.45) is 4.79. The Morgan fingerprint density at radius 2 is 2.06 bits per heavy atom. The van der Waals surface area contributed by atoms with Crippen molar-refractivity contribution >= 4 is 23.2 Å². The SMILES string of the molecule is CNC(Cc1c(Cl)cccc1Cl)C1=COCCC1. The first kappa shape index (κ1) is 13.7. The second-order valence-electron chi connectivity index (χ2n) is 4.41. The van der Waals surface area contributed by atoms with Gasteiger partial charge in [-0.15, -0.1) is 0 Å². The molecule has 0 aromatic heterocycles. The van der Waals surface area contributed by atoms with Crippen molar-refractivity contribution in [3.8, 4) is 0 Å². The number of nitrogens with one attached hydrogen (secondary N) is 1. The van der Waals surface area contributed by atoms with Crippen molar-refractivity contribution < 1.29 is 4.74 Å². The first-order valence-electron chi connectivity index (χ1n) is 6.13. The number of halogens is 2. The third-order valence-electron chi connectivity index (χ3n) is 3.23. The van der Waals surface area contributed by atoms with E-state index in [9.17, 15) is 0 Å². The van der Waals surface area contributed by atoms with E-state index in [2.05, 4.69) is 5.32 Å². The number of likely N-dealkylation sites (N-methyl/N-ethyl adjacent to an activating group) is 1. The van der Waals surface area contributed by atoms with E-state index in [0.717, 1.165) is 41.5 Å². The molecule has 0 radical (unpaired) electrons. The smallest absolute Gasteiger partial charge is 0.0876 e. The van der Waals surface area contributed by atoms with Gasteiger partial charge in [0.05, 0.1) is 12.9 Å². The van der Waals surface area contributed by atoms with Crippen LogP contribution >= 0.6 is 23.2 Å². The molecule has 1 heterocycles. The van der Waals surface area contributed by atoms with Gasteiger partial charge in [-0.1, -0.05) is 29.3 Å². The highest BCUT2D eigenvalue weighted by molar-refractivity contribution is 6.36. The van der Waals surface area contributed by atoms with E-state index in [0.29, 0.717) is 0 Å². The number of ether oxygens (including phenoxy) is 1. The van der Waals surface area contributed by atoms with Crippen LogP contribution in [0.3, 0.4) is 0 Å². The average molecular weight is 286 g/mol. The fourth-order valence-corrected chi connectivity index (χ4v) is 2.74. The van der Waals surface area contributed by atoms with Gasteiger partial charge in [0.25, 0.3) is 0 Å². The molecule has 1 atom stereocenters. The molecule has 2 rings (SSSR count). The molecular formula is C14H17Cl2NO. The zero-order valence-corrected chi connectivity index (χ0v) is 11.9. The highest BCUT2D eigenvalue weighted by Crippen LogP contribution is 2.28. The van der Waals surface area contributed by atoms with Crippen LogP contribution in [-0.4, -0.2) is 19.7 Å². The molecule has 0 saturated heterocycles. The third-order valence-corrected chi connectivity index (χ3v) is 3.94. The van der Waals surface area contributed by atoms with Crippen molar-refractivity contribution in [2.24, 2.45) is 0 Å². The fraction of sp³-hybridized carbons (Fsp3) is 0.429. The first-order valence-corrected chi connectivity index (χ1v) is 6.88. The quantitative estimate of drug-likeness (QED) is 0.908. The maximum absolute atomic E-state index is 6.21. The van der Waals surface area contributed by atoms with E-state index < -0.39 is 0 Å². The van der Waals surface area contributed by atoms with Gasteiger partial charge in [0.2, 0.25) is 0 Å². The summed E-state index contributed by atoms with van der Waals surface area (Å²) < 4.78 is 5.40. The lowest BCUT2D eigenvalue weighted by Crippen LogP contribution is -2.31. The topological polar surface area (TPSA) is 21.3 Å². The summed E-state index contributed by atoms with van der Waals surface area (Å²) in [6, 6.07) is 5.84. The molecule has 1 aliphatic heterocycles.